The third-order valence-corrected chi connectivity index (χ3v) is 5.68. The van der Waals surface area contributed by atoms with Crippen molar-refractivity contribution in [2.45, 2.75) is 77.7 Å². The molecule has 0 atom stereocenters. The zero-order chi connectivity index (χ0) is 16.5. The largest absolute Gasteiger partial charge is 0.268 e. The maximum atomic E-state index is 12.3. The lowest BCUT2D eigenvalue weighted by molar-refractivity contribution is 0.540. The number of unbranched alkanes of at least 4 members (excludes halogenated alkanes) is 9. The van der Waals surface area contributed by atoms with E-state index in [1.807, 2.05) is 16.1 Å². The van der Waals surface area contributed by atoms with Crippen LogP contribution >= 0.6 is 23.1 Å². The highest BCUT2D eigenvalue weighted by molar-refractivity contribution is 7.13. The molecule has 23 heavy (non-hydrogen) atoms. The summed E-state index contributed by atoms with van der Waals surface area (Å²) in [5.41, 5.74) is 0.114. The Labute approximate surface area is 148 Å². The molecule has 0 amide bonds. The molecule has 0 unspecified atom stereocenters. The van der Waals surface area contributed by atoms with Gasteiger partial charge < -0.3 is 0 Å². The highest BCUT2D eigenvalue weighted by Crippen LogP contribution is 2.21. The second-order valence-corrected chi connectivity index (χ2v) is 7.82. The molecule has 0 aliphatic rings. The van der Waals surface area contributed by atoms with Crippen molar-refractivity contribution in [2.75, 3.05) is 0 Å². The first-order valence-corrected chi connectivity index (χ1v) is 10.2. The number of fused-ring (bicyclic) bond motifs is 1. The smallest absolute Gasteiger partial charge is 0.268 e. The van der Waals surface area contributed by atoms with E-state index in [-0.39, 0.29) is 5.56 Å². The molecular formula is C19H28ClNOS. The highest BCUT2D eigenvalue weighted by atomic mass is 35.5. The fourth-order valence-corrected chi connectivity index (χ4v) is 4.12. The van der Waals surface area contributed by atoms with Gasteiger partial charge in [0.1, 0.15) is 0 Å². The summed E-state index contributed by atoms with van der Waals surface area (Å²) in [7, 11) is 0. The van der Waals surface area contributed by atoms with Crippen molar-refractivity contribution in [3.8, 4) is 0 Å². The van der Waals surface area contributed by atoms with Crippen LogP contribution in [0.3, 0.4) is 0 Å². The number of aromatic nitrogens is 1. The van der Waals surface area contributed by atoms with Gasteiger partial charge in [-0.3, -0.25) is 8.75 Å². The fourth-order valence-electron chi connectivity index (χ4n) is 2.93. The first-order chi connectivity index (χ1) is 11.2. The first-order valence-electron chi connectivity index (χ1n) is 9.01. The van der Waals surface area contributed by atoms with E-state index in [1.54, 1.807) is 17.6 Å². The summed E-state index contributed by atoms with van der Waals surface area (Å²) >= 11 is 7.53. The van der Waals surface area contributed by atoms with E-state index in [0.717, 1.165) is 23.1 Å². The molecule has 0 N–H and O–H groups in total. The predicted octanol–water partition coefficient (Wildman–Crippen LogP) is 6.64. The Morgan fingerprint density at radius 2 is 1.57 bits per heavy atom. The SMILES string of the molecule is CCCCCCCCCCCCn1sc2ccc(Cl)cc2c1=O. The van der Waals surface area contributed by atoms with Gasteiger partial charge in [0.05, 0.1) is 10.1 Å². The maximum absolute atomic E-state index is 12.3. The quantitative estimate of drug-likeness (QED) is 0.415. The summed E-state index contributed by atoms with van der Waals surface area (Å²) in [6, 6.07) is 5.58. The molecule has 0 radical (unpaired) electrons. The van der Waals surface area contributed by atoms with E-state index in [1.165, 1.54) is 57.8 Å². The van der Waals surface area contributed by atoms with Crippen molar-refractivity contribution in [3.05, 3.63) is 33.6 Å². The van der Waals surface area contributed by atoms with Crippen LogP contribution in [0, 0.1) is 0 Å². The molecule has 0 aliphatic heterocycles. The summed E-state index contributed by atoms with van der Waals surface area (Å²) < 4.78 is 2.91. The van der Waals surface area contributed by atoms with Crippen LogP contribution in [0.4, 0.5) is 0 Å². The predicted molar refractivity (Wildman–Crippen MR) is 103 cm³/mol. The van der Waals surface area contributed by atoms with Gasteiger partial charge in [-0.15, -0.1) is 0 Å². The normalized spacial score (nSPS) is 11.4. The average Bonchev–Trinajstić information content (AvgIpc) is 2.85. The fraction of sp³-hybridized carbons (Fsp3) is 0.632. The lowest BCUT2D eigenvalue weighted by Gasteiger charge is -2.02. The molecule has 2 nitrogen and oxygen atoms in total. The van der Waals surface area contributed by atoms with Gasteiger partial charge in [0.25, 0.3) is 5.56 Å². The third kappa shape index (κ3) is 5.96. The van der Waals surface area contributed by atoms with E-state index >= 15 is 0 Å². The average molecular weight is 354 g/mol. The number of halogens is 1. The third-order valence-electron chi connectivity index (χ3n) is 4.32. The van der Waals surface area contributed by atoms with Gasteiger partial charge in [-0.1, -0.05) is 87.8 Å². The molecule has 1 heterocycles. The Balaban J connectivity index is 1.63. The van der Waals surface area contributed by atoms with Crippen LogP contribution in [0.1, 0.15) is 71.1 Å². The molecule has 2 rings (SSSR count). The van der Waals surface area contributed by atoms with Crippen molar-refractivity contribution >= 4 is 33.2 Å². The van der Waals surface area contributed by atoms with Crippen LogP contribution in [0.5, 0.6) is 0 Å². The Kier molecular flexibility index (Phi) is 8.18. The highest BCUT2D eigenvalue weighted by Gasteiger charge is 2.07. The van der Waals surface area contributed by atoms with Crippen molar-refractivity contribution in [1.29, 1.82) is 0 Å². The number of rotatable bonds is 11. The van der Waals surface area contributed by atoms with Gasteiger partial charge >= 0.3 is 0 Å². The molecule has 1 aromatic carbocycles. The number of nitrogens with zero attached hydrogens (tertiary/aromatic N) is 1. The molecule has 128 valence electrons. The Hall–Kier alpha value is -0.800. The maximum Gasteiger partial charge on any atom is 0.268 e. The van der Waals surface area contributed by atoms with E-state index in [2.05, 4.69) is 6.92 Å². The number of hydrogen-bond acceptors (Lipinski definition) is 2. The monoisotopic (exact) mass is 353 g/mol. The summed E-state index contributed by atoms with van der Waals surface area (Å²) in [6.07, 6.45) is 13.2. The minimum absolute atomic E-state index is 0.114. The van der Waals surface area contributed by atoms with Crippen molar-refractivity contribution in [3.63, 3.8) is 0 Å². The molecule has 1 aromatic heterocycles. The van der Waals surface area contributed by atoms with E-state index in [9.17, 15) is 4.79 Å². The van der Waals surface area contributed by atoms with E-state index in [0.29, 0.717) is 5.02 Å². The second kappa shape index (κ2) is 10.1. The van der Waals surface area contributed by atoms with Crippen LogP contribution in [0.2, 0.25) is 5.02 Å². The molecular weight excluding hydrogens is 326 g/mol. The van der Waals surface area contributed by atoms with Crippen LogP contribution in [-0.2, 0) is 6.54 Å². The summed E-state index contributed by atoms with van der Waals surface area (Å²) in [4.78, 5) is 12.3. The van der Waals surface area contributed by atoms with Gasteiger partial charge in [0, 0.05) is 11.6 Å². The molecule has 4 heteroatoms. The molecule has 0 aliphatic carbocycles. The van der Waals surface area contributed by atoms with Gasteiger partial charge in [0.15, 0.2) is 0 Å². The van der Waals surface area contributed by atoms with Crippen LogP contribution in [-0.4, -0.2) is 3.96 Å². The zero-order valence-corrected chi connectivity index (χ0v) is 15.7. The molecule has 2 aromatic rings. The van der Waals surface area contributed by atoms with Crippen LogP contribution in [0.25, 0.3) is 10.1 Å². The van der Waals surface area contributed by atoms with Crippen LogP contribution in [0.15, 0.2) is 23.0 Å². The van der Waals surface area contributed by atoms with Crippen molar-refractivity contribution < 1.29 is 0 Å². The summed E-state index contributed by atoms with van der Waals surface area (Å²) in [5, 5.41) is 1.40. The second-order valence-electron chi connectivity index (χ2n) is 6.32. The Bertz CT molecular complexity index is 646. The van der Waals surface area contributed by atoms with Gasteiger partial charge in [-0.2, -0.15) is 0 Å². The number of hydrogen-bond donors (Lipinski definition) is 0. The van der Waals surface area contributed by atoms with Crippen LogP contribution < -0.4 is 5.56 Å². The first kappa shape index (κ1) is 18.5. The van der Waals surface area contributed by atoms with Crippen molar-refractivity contribution in [2.24, 2.45) is 0 Å². The van der Waals surface area contributed by atoms with Gasteiger partial charge in [-0.05, 0) is 24.6 Å². The Morgan fingerprint density at radius 3 is 2.22 bits per heavy atom. The lowest BCUT2D eigenvalue weighted by atomic mass is 10.1. The van der Waals surface area contributed by atoms with Gasteiger partial charge in [-0.25, -0.2) is 0 Å². The molecule has 0 saturated carbocycles. The number of benzene rings is 1. The summed E-state index contributed by atoms with van der Waals surface area (Å²) in [6.45, 7) is 3.10. The summed E-state index contributed by atoms with van der Waals surface area (Å²) in [5.74, 6) is 0. The molecule has 0 fully saturated rings. The minimum Gasteiger partial charge on any atom is -0.268 e. The lowest BCUT2D eigenvalue weighted by Crippen LogP contribution is -2.12. The van der Waals surface area contributed by atoms with E-state index in [4.69, 9.17) is 11.6 Å². The number of aryl methyl sites for hydroxylation is 1. The topological polar surface area (TPSA) is 22.0 Å². The van der Waals surface area contributed by atoms with E-state index < -0.39 is 0 Å². The molecule has 0 bridgehead atoms. The van der Waals surface area contributed by atoms with Gasteiger partial charge in [0.2, 0.25) is 0 Å². The Morgan fingerprint density at radius 1 is 0.957 bits per heavy atom. The standard InChI is InChI=1S/C19H28ClNOS/c1-2-3-4-5-6-7-8-9-10-11-14-21-19(22)17-15-16(20)12-13-18(17)23-21/h12-13,15H,2-11,14H2,1H3. The molecule has 0 saturated heterocycles. The van der Waals surface area contributed by atoms with Crippen molar-refractivity contribution in [1.82, 2.24) is 3.96 Å². The zero-order valence-electron chi connectivity index (χ0n) is 14.2. The minimum atomic E-state index is 0.114. The molecule has 0 spiro atoms.